The second-order valence-electron chi connectivity index (χ2n) is 6.15. The highest BCUT2D eigenvalue weighted by atomic mass is 35.5. The third-order valence-corrected chi connectivity index (χ3v) is 4.27. The van der Waals surface area contributed by atoms with Gasteiger partial charge in [0.25, 0.3) is 5.91 Å². The van der Waals surface area contributed by atoms with Crippen molar-refractivity contribution >= 4 is 34.0 Å². The highest BCUT2D eigenvalue weighted by molar-refractivity contribution is 6.36. The predicted molar refractivity (Wildman–Crippen MR) is 105 cm³/mol. The summed E-state index contributed by atoms with van der Waals surface area (Å²) in [5.41, 5.74) is 1.23. The van der Waals surface area contributed by atoms with E-state index in [1.165, 1.54) is 0 Å². The fourth-order valence-electron chi connectivity index (χ4n) is 2.51. The number of carbonyl (C=O) groups excluding carboxylic acids is 1. The van der Waals surface area contributed by atoms with Crippen molar-refractivity contribution in [1.82, 2.24) is 9.88 Å². The number of likely N-dealkylation sites (N-methyl/N-ethyl adjacent to an activating group) is 1. The molecule has 0 aliphatic rings. The van der Waals surface area contributed by atoms with Crippen LogP contribution < -0.4 is 10.1 Å². The number of rotatable bonds is 6. The van der Waals surface area contributed by atoms with Crippen LogP contribution in [0.15, 0.2) is 54.9 Å². The van der Waals surface area contributed by atoms with E-state index in [1.54, 1.807) is 48.8 Å². The van der Waals surface area contributed by atoms with Crippen LogP contribution in [0.5, 0.6) is 5.75 Å². The van der Waals surface area contributed by atoms with Crippen LogP contribution in [0.25, 0.3) is 10.8 Å². The highest BCUT2D eigenvalue weighted by Crippen LogP contribution is 2.29. The van der Waals surface area contributed by atoms with Gasteiger partial charge in [0.2, 0.25) is 0 Å². The minimum Gasteiger partial charge on any atom is -0.492 e. The largest absolute Gasteiger partial charge is 0.492 e. The average molecular weight is 370 g/mol. The summed E-state index contributed by atoms with van der Waals surface area (Å²) in [6.07, 6.45) is 3.37. The van der Waals surface area contributed by atoms with Gasteiger partial charge in [-0.2, -0.15) is 0 Å². The van der Waals surface area contributed by atoms with Crippen LogP contribution in [0.3, 0.4) is 0 Å². The SMILES string of the molecule is CN(C)CCOc1ccc(C(=O)Nc2ccc(Cl)c3ccncc23)cc1. The zero-order valence-corrected chi connectivity index (χ0v) is 15.5. The monoisotopic (exact) mass is 369 g/mol. The van der Waals surface area contributed by atoms with Crippen LogP contribution in [0.4, 0.5) is 5.69 Å². The van der Waals surface area contributed by atoms with E-state index in [4.69, 9.17) is 16.3 Å². The summed E-state index contributed by atoms with van der Waals surface area (Å²) in [7, 11) is 3.99. The Bertz CT molecular complexity index is 911. The molecule has 6 heteroatoms. The molecule has 1 N–H and O–H groups in total. The molecule has 0 aliphatic carbocycles. The molecule has 2 aromatic carbocycles. The van der Waals surface area contributed by atoms with Gasteiger partial charge >= 0.3 is 0 Å². The van der Waals surface area contributed by atoms with Crippen molar-refractivity contribution < 1.29 is 9.53 Å². The average Bonchev–Trinajstić information content (AvgIpc) is 2.64. The fraction of sp³-hybridized carbons (Fsp3) is 0.200. The van der Waals surface area contributed by atoms with Crippen LogP contribution in [0.1, 0.15) is 10.4 Å². The van der Waals surface area contributed by atoms with Crippen molar-refractivity contribution in [3.05, 3.63) is 65.4 Å². The van der Waals surface area contributed by atoms with Crippen molar-refractivity contribution in [2.24, 2.45) is 0 Å². The number of carbonyl (C=O) groups is 1. The molecule has 0 aliphatic heterocycles. The van der Waals surface area contributed by atoms with Gasteiger partial charge < -0.3 is 15.0 Å². The van der Waals surface area contributed by atoms with Gasteiger partial charge in [-0.05, 0) is 56.6 Å². The van der Waals surface area contributed by atoms with E-state index in [-0.39, 0.29) is 5.91 Å². The highest BCUT2D eigenvalue weighted by Gasteiger charge is 2.10. The Labute approximate surface area is 157 Å². The summed E-state index contributed by atoms with van der Waals surface area (Å²) in [6, 6.07) is 12.5. The summed E-state index contributed by atoms with van der Waals surface area (Å²) < 4.78 is 5.64. The normalized spacial score (nSPS) is 10.9. The van der Waals surface area contributed by atoms with Gasteiger partial charge in [0.15, 0.2) is 0 Å². The maximum absolute atomic E-state index is 12.5. The van der Waals surface area contributed by atoms with Crippen molar-refractivity contribution in [1.29, 1.82) is 0 Å². The fourth-order valence-corrected chi connectivity index (χ4v) is 2.73. The molecule has 0 spiro atoms. The van der Waals surface area contributed by atoms with Gasteiger partial charge in [0.05, 0.1) is 5.69 Å². The molecule has 1 aromatic heterocycles. The second kappa shape index (κ2) is 8.17. The number of amides is 1. The zero-order chi connectivity index (χ0) is 18.5. The Morgan fingerprint density at radius 1 is 1.12 bits per heavy atom. The molecule has 0 saturated carbocycles. The van der Waals surface area contributed by atoms with E-state index in [0.717, 1.165) is 23.1 Å². The van der Waals surface area contributed by atoms with E-state index < -0.39 is 0 Å². The van der Waals surface area contributed by atoms with Crippen LogP contribution >= 0.6 is 11.6 Å². The summed E-state index contributed by atoms with van der Waals surface area (Å²) >= 11 is 6.20. The molecule has 0 atom stereocenters. The van der Waals surface area contributed by atoms with E-state index >= 15 is 0 Å². The molecule has 0 saturated heterocycles. The molecular weight excluding hydrogens is 350 g/mol. The molecule has 1 heterocycles. The summed E-state index contributed by atoms with van der Waals surface area (Å²) in [4.78, 5) is 18.7. The van der Waals surface area contributed by atoms with Crippen LogP contribution in [-0.4, -0.2) is 43.0 Å². The standard InChI is InChI=1S/C20H20ClN3O2/c1-24(2)11-12-26-15-5-3-14(4-6-15)20(25)23-19-8-7-18(21)16-9-10-22-13-17(16)19/h3-10,13H,11-12H2,1-2H3,(H,23,25). The first-order valence-electron chi connectivity index (χ1n) is 8.26. The van der Waals surface area contributed by atoms with Crippen LogP contribution in [0.2, 0.25) is 5.02 Å². The molecule has 0 bridgehead atoms. The molecule has 26 heavy (non-hydrogen) atoms. The second-order valence-corrected chi connectivity index (χ2v) is 6.55. The first kappa shape index (κ1) is 18.2. The Morgan fingerprint density at radius 2 is 1.88 bits per heavy atom. The Morgan fingerprint density at radius 3 is 2.62 bits per heavy atom. The lowest BCUT2D eigenvalue weighted by Crippen LogP contribution is -2.19. The third-order valence-electron chi connectivity index (χ3n) is 3.94. The van der Waals surface area contributed by atoms with Gasteiger partial charge in [-0.3, -0.25) is 9.78 Å². The molecular formula is C20H20ClN3O2. The number of aromatic nitrogens is 1. The molecule has 134 valence electrons. The number of nitrogens with one attached hydrogen (secondary N) is 1. The molecule has 0 radical (unpaired) electrons. The number of nitrogens with zero attached hydrogens (tertiary/aromatic N) is 2. The van der Waals surface area contributed by atoms with Gasteiger partial charge in [-0.15, -0.1) is 0 Å². The number of hydrogen-bond acceptors (Lipinski definition) is 4. The number of ether oxygens (including phenoxy) is 1. The van der Waals surface area contributed by atoms with E-state index in [1.807, 2.05) is 25.1 Å². The van der Waals surface area contributed by atoms with Gasteiger partial charge in [-0.25, -0.2) is 0 Å². The van der Waals surface area contributed by atoms with E-state index in [0.29, 0.717) is 22.9 Å². The smallest absolute Gasteiger partial charge is 0.255 e. The van der Waals surface area contributed by atoms with E-state index in [2.05, 4.69) is 10.3 Å². The number of anilines is 1. The number of halogens is 1. The number of pyridine rings is 1. The molecule has 3 aromatic rings. The number of benzene rings is 2. The number of fused-ring (bicyclic) bond motifs is 1. The maximum atomic E-state index is 12.5. The van der Waals surface area contributed by atoms with Crippen LogP contribution in [-0.2, 0) is 0 Å². The molecule has 0 unspecified atom stereocenters. The molecule has 5 nitrogen and oxygen atoms in total. The van der Waals surface area contributed by atoms with Gasteiger partial charge in [0.1, 0.15) is 12.4 Å². The molecule has 3 rings (SSSR count). The van der Waals surface area contributed by atoms with Crippen molar-refractivity contribution in [3.8, 4) is 5.75 Å². The first-order valence-corrected chi connectivity index (χ1v) is 8.63. The lowest BCUT2D eigenvalue weighted by molar-refractivity contribution is 0.102. The van der Waals surface area contributed by atoms with Crippen molar-refractivity contribution in [2.45, 2.75) is 0 Å². The van der Waals surface area contributed by atoms with Crippen molar-refractivity contribution in [2.75, 3.05) is 32.6 Å². The topological polar surface area (TPSA) is 54.5 Å². The quantitative estimate of drug-likeness (QED) is 0.711. The van der Waals surface area contributed by atoms with Crippen molar-refractivity contribution in [3.63, 3.8) is 0 Å². The van der Waals surface area contributed by atoms with Gasteiger partial charge in [-0.1, -0.05) is 11.6 Å². The lowest BCUT2D eigenvalue weighted by atomic mass is 10.1. The zero-order valence-electron chi connectivity index (χ0n) is 14.7. The van der Waals surface area contributed by atoms with E-state index in [9.17, 15) is 4.79 Å². The minimum atomic E-state index is -0.197. The minimum absolute atomic E-state index is 0.197. The van der Waals surface area contributed by atoms with Gasteiger partial charge in [0, 0.05) is 40.3 Å². The third kappa shape index (κ3) is 4.31. The van der Waals surface area contributed by atoms with Crippen LogP contribution in [0, 0.1) is 0 Å². The Kier molecular flexibility index (Phi) is 5.71. The molecule has 1 amide bonds. The summed E-state index contributed by atoms with van der Waals surface area (Å²) in [5, 5.41) is 5.20. The lowest BCUT2D eigenvalue weighted by Gasteiger charge is -2.12. The molecule has 0 fully saturated rings. The summed E-state index contributed by atoms with van der Waals surface area (Å²) in [5.74, 6) is 0.543. The Hall–Kier alpha value is -2.63. The maximum Gasteiger partial charge on any atom is 0.255 e. The Balaban J connectivity index is 1.72. The number of hydrogen-bond donors (Lipinski definition) is 1. The summed E-state index contributed by atoms with van der Waals surface area (Å²) in [6.45, 7) is 1.43. The predicted octanol–water partition coefficient (Wildman–Crippen LogP) is 4.08. The first-order chi connectivity index (χ1) is 12.5.